The molecule has 0 atom stereocenters. The van der Waals surface area contributed by atoms with Gasteiger partial charge in [0, 0.05) is 22.5 Å². The van der Waals surface area contributed by atoms with Crippen molar-refractivity contribution in [2.75, 3.05) is 16.9 Å². The molecule has 144 valence electrons. The van der Waals surface area contributed by atoms with Gasteiger partial charge in [0.15, 0.2) is 0 Å². The van der Waals surface area contributed by atoms with E-state index in [0.29, 0.717) is 11.4 Å². The molecule has 0 aliphatic carbocycles. The number of para-hydroxylation sites is 1. The van der Waals surface area contributed by atoms with Crippen LogP contribution in [-0.4, -0.2) is 12.2 Å². The van der Waals surface area contributed by atoms with Gasteiger partial charge in [-0.25, -0.2) is 0 Å². The van der Waals surface area contributed by atoms with E-state index in [9.17, 15) is 10.1 Å². The molecule has 0 saturated heterocycles. The number of nitrogens with one attached hydrogen (secondary N) is 2. The molecule has 3 aromatic carbocycles. The molecule has 3 aromatic rings. The number of carbonyl (C=O) groups is 1. The summed E-state index contributed by atoms with van der Waals surface area (Å²) in [4.78, 5) is 13.5. The fraction of sp³-hybridized carbons (Fsp3) is 0.0435. The lowest BCUT2D eigenvalue weighted by atomic mass is 10.2. The van der Waals surface area contributed by atoms with E-state index in [1.165, 1.54) is 6.20 Å². The molecule has 0 spiro atoms. The van der Waals surface area contributed by atoms with Gasteiger partial charge < -0.3 is 15.4 Å². The second kappa shape index (κ2) is 10.0. The van der Waals surface area contributed by atoms with Gasteiger partial charge in [-0.05, 0) is 60.9 Å². The third-order valence-electron chi connectivity index (χ3n) is 3.91. The lowest BCUT2D eigenvalue weighted by Gasteiger charge is -2.08. The van der Waals surface area contributed by atoms with Crippen LogP contribution in [0.1, 0.15) is 0 Å². The van der Waals surface area contributed by atoms with Crippen LogP contribution < -0.4 is 15.4 Å². The van der Waals surface area contributed by atoms with Gasteiger partial charge in [-0.2, -0.15) is 5.26 Å². The predicted octanol–water partition coefficient (Wildman–Crippen LogP) is 5.66. The Morgan fingerprint density at radius 2 is 1.69 bits per heavy atom. The Morgan fingerprint density at radius 1 is 0.966 bits per heavy atom. The largest absolute Gasteiger partial charge is 0.457 e. The molecule has 0 aromatic heterocycles. The third-order valence-corrected chi connectivity index (χ3v) is 4.63. The number of hydrogen-bond acceptors (Lipinski definition) is 5. The van der Waals surface area contributed by atoms with E-state index in [-0.39, 0.29) is 5.57 Å². The minimum absolute atomic E-state index is 0.0239. The highest BCUT2D eigenvalue weighted by atomic mass is 32.2. The van der Waals surface area contributed by atoms with Gasteiger partial charge in [-0.15, -0.1) is 11.8 Å². The lowest BCUT2D eigenvalue weighted by Crippen LogP contribution is -2.14. The summed E-state index contributed by atoms with van der Waals surface area (Å²) in [5.74, 6) is 0.897. The van der Waals surface area contributed by atoms with Gasteiger partial charge in [-0.3, -0.25) is 4.79 Å². The Hall–Kier alpha value is -3.69. The number of amides is 1. The van der Waals surface area contributed by atoms with Crippen LogP contribution in [0.2, 0.25) is 0 Å². The molecule has 0 aliphatic rings. The molecule has 0 aliphatic heterocycles. The number of nitrogens with zero attached hydrogens (tertiary/aromatic N) is 1. The van der Waals surface area contributed by atoms with Crippen molar-refractivity contribution >= 4 is 29.0 Å². The average molecular weight is 401 g/mol. The fourth-order valence-corrected chi connectivity index (χ4v) is 2.91. The van der Waals surface area contributed by atoms with E-state index in [1.807, 2.05) is 66.9 Å². The molecule has 0 heterocycles. The zero-order valence-electron chi connectivity index (χ0n) is 15.8. The summed E-state index contributed by atoms with van der Waals surface area (Å²) < 4.78 is 5.73. The summed E-state index contributed by atoms with van der Waals surface area (Å²) in [6.07, 6.45) is 3.39. The van der Waals surface area contributed by atoms with Crippen molar-refractivity contribution in [1.82, 2.24) is 0 Å². The monoisotopic (exact) mass is 401 g/mol. The van der Waals surface area contributed by atoms with Gasteiger partial charge in [0.05, 0.1) is 0 Å². The molecule has 3 rings (SSSR count). The first-order valence-corrected chi connectivity index (χ1v) is 10.1. The molecule has 6 heteroatoms. The maximum Gasteiger partial charge on any atom is 0.267 e. The van der Waals surface area contributed by atoms with Crippen LogP contribution in [0.3, 0.4) is 0 Å². The van der Waals surface area contributed by atoms with Crippen LogP contribution in [0.25, 0.3) is 0 Å². The molecule has 0 bridgehead atoms. The summed E-state index contributed by atoms with van der Waals surface area (Å²) in [6, 6.07) is 26.0. The van der Waals surface area contributed by atoms with Crippen molar-refractivity contribution in [2.24, 2.45) is 0 Å². The number of hydrogen-bond donors (Lipinski definition) is 2. The average Bonchev–Trinajstić information content (AvgIpc) is 2.76. The van der Waals surface area contributed by atoms with E-state index < -0.39 is 5.91 Å². The van der Waals surface area contributed by atoms with Crippen LogP contribution in [-0.2, 0) is 4.79 Å². The van der Waals surface area contributed by atoms with E-state index in [2.05, 4.69) is 10.6 Å². The van der Waals surface area contributed by atoms with Crippen molar-refractivity contribution in [3.05, 3.63) is 90.6 Å². The normalized spacial score (nSPS) is 10.7. The van der Waals surface area contributed by atoms with Gasteiger partial charge in [0.1, 0.15) is 23.1 Å². The zero-order chi connectivity index (χ0) is 20.5. The van der Waals surface area contributed by atoms with Crippen LogP contribution in [0.4, 0.5) is 11.4 Å². The van der Waals surface area contributed by atoms with Gasteiger partial charge in [-0.1, -0.05) is 24.3 Å². The molecular weight excluding hydrogens is 382 g/mol. The number of carbonyl (C=O) groups excluding carboxylic acids is 1. The minimum atomic E-state index is -0.488. The molecule has 0 saturated carbocycles. The van der Waals surface area contributed by atoms with Crippen LogP contribution in [0.15, 0.2) is 95.5 Å². The van der Waals surface area contributed by atoms with E-state index in [4.69, 9.17) is 4.74 Å². The standard InChI is InChI=1S/C23H19N3O2S/c1-29-22-9-5-6-19(14-22)25-16-17(15-24)23(27)26-18-10-12-21(13-11-18)28-20-7-3-2-4-8-20/h2-14,16,25H,1H3,(H,26,27)/b17-16-. The van der Waals surface area contributed by atoms with E-state index >= 15 is 0 Å². The number of nitriles is 1. The Kier molecular flexibility index (Phi) is 6.93. The molecule has 0 radical (unpaired) electrons. The Bertz CT molecular complexity index is 1040. The highest BCUT2D eigenvalue weighted by Crippen LogP contribution is 2.23. The molecular formula is C23H19N3O2S. The summed E-state index contributed by atoms with van der Waals surface area (Å²) in [7, 11) is 0. The molecule has 1 amide bonds. The summed E-state index contributed by atoms with van der Waals surface area (Å²) in [5.41, 5.74) is 1.35. The molecule has 2 N–H and O–H groups in total. The smallest absolute Gasteiger partial charge is 0.267 e. The Balaban J connectivity index is 1.62. The quantitative estimate of drug-likeness (QED) is 0.304. The van der Waals surface area contributed by atoms with Crippen molar-refractivity contribution in [3.8, 4) is 17.6 Å². The van der Waals surface area contributed by atoms with Crippen LogP contribution in [0, 0.1) is 11.3 Å². The second-order valence-electron chi connectivity index (χ2n) is 5.94. The Morgan fingerprint density at radius 3 is 2.38 bits per heavy atom. The van der Waals surface area contributed by atoms with Gasteiger partial charge in [0.25, 0.3) is 5.91 Å². The van der Waals surface area contributed by atoms with Crippen molar-refractivity contribution < 1.29 is 9.53 Å². The molecule has 0 unspecified atom stereocenters. The van der Waals surface area contributed by atoms with E-state index in [1.54, 1.807) is 36.0 Å². The first-order chi connectivity index (χ1) is 14.2. The topological polar surface area (TPSA) is 74.2 Å². The van der Waals surface area contributed by atoms with Gasteiger partial charge >= 0.3 is 0 Å². The van der Waals surface area contributed by atoms with Crippen molar-refractivity contribution in [1.29, 1.82) is 5.26 Å². The SMILES string of the molecule is CSc1cccc(N/C=C(/C#N)C(=O)Nc2ccc(Oc3ccccc3)cc2)c1. The Labute approximate surface area is 174 Å². The number of rotatable bonds is 7. The molecule has 0 fully saturated rings. The van der Waals surface area contributed by atoms with E-state index in [0.717, 1.165) is 16.3 Å². The number of thioether (sulfide) groups is 1. The highest BCUT2D eigenvalue weighted by molar-refractivity contribution is 7.98. The molecule has 5 nitrogen and oxygen atoms in total. The predicted molar refractivity (Wildman–Crippen MR) is 117 cm³/mol. The van der Waals surface area contributed by atoms with Crippen LogP contribution >= 0.6 is 11.8 Å². The van der Waals surface area contributed by atoms with Gasteiger partial charge in [0.2, 0.25) is 0 Å². The maximum atomic E-state index is 12.4. The zero-order valence-corrected chi connectivity index (χ0v) is 16.6. The summed E-state index contributed by atoms with van der Waals surface area (Å²) in [6.45, 7) is 0. The number of benzene rings is 3. The number of anilines is 2. The molecule has 29 heavy (non-hydrogen) atoms. The first-order valence-electron chi connectivity index (χ1n) is 8.83. The fourth-order valence-electron chi connectivity index (χ4n) is 2.45. The van der Waals surface area contributed by atoms with Crippen LogP contribution in [0.5, 0.6) is 11.5 Å². The second-order valence-corrected chi connectivity index (χ2v) is 6.82. The summed E-state index contributed by atoms with van der Waals surface area (Å²) >= 11 is 1.62. The first kappa shape index (κ1) is 20.1. The minimum Gasteiger partial charge on any atom is -0.457 e. The summed E-state index contributed by atoms with van der Waals surface area (Å²) in [5, 5.41) is 15.0. The lowest BCUT2D eigenvalue weighted by molar-refractivity contribution is -0.112. The van der Waals surface area contributed by atoms with Crippen molar-refractivity contribution in [3.63, 3.8) is 0 Å². The number of ether oxygens (including phenoxy) is 1. The highest BCUT2D eigenvalue weighted by Gasteiger charge is 2.09. The maximum absolute atomic E-state index is 12.4. The van der Waals surface area contributed by atoms with Crippen molar-refractivity contribution in [2.45, 2.75) is 4.90 Å². The third kappa shape index (κ3) is 5.89.